The minimum absolute atomic E-state index is 0.224. The molecule has 0 saturated heterocycles. The summed E-state index contributed by atoms with van der Waals surface area (Å²) in [6.07, 6.45) is 1.69. The lowest BCUT2D eigenvalue weighted by Gasteiger charge is -2.16. The van der Waals surface area contributed by atoms with Gasteiger partial charge >= 0.3 is 5.56 Å². The van der Waals surface area contributed by atoms with Gasteiger partial charge in [-0.2, -0.15) is 4.98 Å². The Balaban J connectivity index is 2.01. The topological polar surface area (TPSA) is 56.1 Å². The van der Waals surface area contributed by atoms with E-state index in [0.717, 1.165) is 16.8 Å². The van der Waals surface area contributed by atoms with Crippen molar-refractivity contribution in [3.05, 3.63) is 81.8 Å². The molecule has 0 spiro atoms. The van der Waals surface area contributed by atoms with Crippen LogP contribution in [0, 0.1) is 13.8 Å². The molecule has 0 amide bonds. The second-order valence-corrected chi connectivity index (χ2v) is 5.99. The number of aromatic nitrogens is 2. The van der Waals surface area contributed by atoms with Gasteiger partial charge in [0.25, 0.3) is 0 Å². The van der Waals surface area contributed by atoms with Crippen LogP contribution in [0.1, 0.15) is 16.7 Å². The molecule has 0 aliphatic rings. The third kappa shape index (κ3) is 3.88. The predicted octanol–water partition coefficient (Wildman–Crippen LogP) is 3.66. The summed E-state index contributed by atoms with van der Waals surface area (Å²) in [4.78, 5) is 16.3. The molecule has 2 aromatic carbocycles. The van der Waals surface area contributed by atoms with Crippen LogP contribution >= 0.6 is 0 Å². The Morgan fingerprint density at radius 3 is 2.56 bits per heavy atom. The summed E-state index contributed by atoms with van der Waals surface area (Å²) in [5.74, 6) is 0.712. The Labute approximate surface area is 146 Å². The van der Waals surface area contributed by atoms with Crippen LogP contribution in [-0.2, 0) is 6.54 Å². The van der Waals surface area contributed by atoms with Crippen LogP contribution < -0.4 is 15.6 Å². The number of methoxy groups -OCH3 is 1. The SMILES string of the molecule is COc1cn(Cc2ccccc2)c(Nc2ccc(C)cc2C)nc1=O. The average molecular weight is 335 g/mol. The standard InChI is InChI=1S/C20H21N3O2/c1-14-9-10-17(15(2)11-14)21-20-22-19(24)18(25-3)13-23(20)12-16-7-5-4-6-8-16/h4-11,13H,12H2,1-3H3,(H,21,22,24). The summed E-state index contributed by atoms with van der Waals surface area (Å²) >= 11 is 0. The van der Waals surface area contributed by atoms with Crippen LogP contribution in [0.25, 0.3) is 0 Å². The Hall–Kier alpha value is -3.08. The smallest absolute Gasteiger partial charge is 0.316 e. The van der Waals surface area contributed by atoms with E-state index in [2.05, 4.69) is 16.4 Å². The first-order chi connectivity index (χ1) is 12.1. The van der Waals surface area contributed by atoms with Gasteiger partial charge < -0.3 is 14.6 Å². The fraction of sp³-hybridized carbons (Fsp3) is 0.200. The van der Waals surface area contributed by atoms with Gasteiger partial charge in [-0.1, -0.05) is 48.0 Å². The van der Waals surface area contributed by atoms with Crippen molar-refractivity contribution in [3.63, 3.8) is 0 Å². The number of benzene rings is 2. The molecule has 5 heteroatoms. The highest BCUT2D eigenvalue weighted by molar-refractivity contribution is 5.59. The maximum Gasteiger partial charge on any atom is 0.316 e. The van der Waals surface area contributed by atoms with Gasteiger partial charge in [0.2, 0.25) is 11.7 Å². The molecule has 128 valence electrons. The van der Waals surface area contributed by atoms with Gasteiger partial charge in [-0.25, -0.2) is 0 Å². The van der Waals surface area contributed by atoms with Crippen molar-refractivity contribution in [2.75, 3.05) is 12.4 Å². The number of ether oxygens (including phenoxy) is 1. The first kappa shape index (κ1) is 16.8. The molecule has 0 fully saturated rings. The van der Waals surface area contributed by atoms with E-state index >= 15 is 0 Å². The summed E-state index contributed by atoms with van der Waals surface area (Å²) in [7, 11) is 1.47. The van der Waals surface area contributed by atoms with Gasteiger partial charge in [-0.3, -0.25) is 4.79 Å². The Kier molecular flexibility index (Phi) is 4.84. The third-order valence-corrected chi connectivity index (χ3v) is 4.01. The minimum Gasteiger partial charge on any atom is -0.490 e. The summed E-state index contributed by atoms with van der Waals surface area (Å²) in [5.41, 5.74) is 3.92. The predicted molar refractivity (Wildman–Crippen MR) is 99.8 cm³/mol. The number of hydrogen-bond acceptors (Lipinski definition) is 4. The second-order valence-electron chi connectivity index (χ2n) is 5.99. The summed E-state index contributed by atoms with van der Waals surface area (Å²) in [6, 6.07) is 16.1. The van der Waals surface area contributed by atoms with Crippen molar-refractivity contribution >= 4 is 11.6 Å². The Bertz CT molecular complexity index is 933. The number of nitrogens with one attached hydrogen (secondary N) is 1. The molecule has 25 heavy (non-hydrogen) atoms. The molecule has 0 bridgehead atoms. The molecule has 0 radical (unpaired) electrons. The first-order valence-corrected chi connectivity index (χ1v) is 8.10. The monoisotopic (exact) mass is 335 g/mol. The van der Waals surface area contributed by atoms with Crippen molar-refractivity contribution in [2.24, 2.45) is 0 Å². The molecule has 1 aromatic heterocycles. The zero-order valence-electron chi connectivity index (χ0n) is 14.6. The maximum atomic E-state index is 12.1. The highest BCUT2D eigenvalue weighted by atomic mass is 16.5. The quantitative estimate of drug-likeness (QED) is 0.773. The highest BCUT2D eigenvalue weighted by Crippen LogP contribution is 2.21. The molecule has 0 unspecified atom stereocenters. The molecule has 3 rings (SSSR count). The lowest BCUT2D eigenvalue weighted by atomic mass is 10.1. The number of hydrogen-bond donors (Lipinski definition) is 1. The molecule has 0 saturated carbocycles. The largest absolute Gasteiger partial charge is 0.490 e. The first-order valence-electron chi connectivity index (χ1n) is 8.10. The minimum atomic E-state index is -0.390. The molecule has 0 aliphatic carbocycles. The number of rotatable bonds is 5. The summed E-state index contributed by atoms with van der Waals surface area (Å²) < 4.78 is 7.03. The fourth-order valence-corrected chi connectivity index (χ4v) is 2.69. The average Bonchev–Trinajstić information content (AvgIpc) is 2.60. The molecule has 0 atom stereocenters. The van der Waals surface area contributed by atoms with Gasteiger partial charge in [0.05, 0.1) is 19.9 Å². The number of anilines is 2. The van der Waals surface area contributed by atoms with Crippen LogP contribution in [0.3, 0.4) is 0 Å². The van der Waals surface area contributed by atoms with Gasteiger partial charge in [0.1, 0.15) is 0 Å². The van der Waals surface area contributed by atoms with E-state index in [0.29, 0.717) is 12.5 Å². The molecule has 1 N–H and O–H groups in total. The van der Waals surface area contributed by atoms with Gasteiger partial charge in [0, 0.05) is 5.69 Å². The zero-order chi connectivity index (χ0) is 17.8. The molecular formula is C20H21N3O2. The molecule has 0 aliphatic heterocycles. The van der Waals surface area contributed by atoms with Gasteiger partial charge in [0.15, 0.2) is 0 Å². The van der Waals surface area contributed by atoms with Gasteiger partial charge in [-0.15, -0.1) is 0 Å². The molecule has 1 heterocycles. The summed E-state index contributed by atoms with van der Waals surface area (Å²) in [6.45, 7) is 4.66. The second kappa shape index (κ2) is 7.21. The number of nitrogens with zero attached hydrogens (tertiary/aromatic N) is 2. The molecule has 3 aromatic rings. The number of aryl methyl sites for hydroxylation is 2. The van der Waals surface area contributed by atoms with E-state index in [1.54, 1.807) is 6.20 Å². The Morgan fingerprint density at radius 2 is 1.88 bits per heavy atom. The van der Waals surface area contributed by atoms with Crippen molar-refractivity contribution in [3.8, 4) is 5.75 Å². The van der Waals surface area contributed by atoms with E-state index in [-0.39, 0.29) is 11.3 Å². The van der Waals surface area contributed by atoms with Gasteiger partial charge in [-0.05, 0) is 31.0 Å². The Morgan fingerprint density at radius 1 is 1.12 bits per heavy atom. The van der Waals surface area contributed by atoms with E-state index in [1.807, 2.05) is 60.9 Å². The van der Waals surface area contributed by atoms with E-state index in [9.17, 15) is 4.79 Å². The zero-order valence-corrected chi connectivity index (χ0v) is 14.6. The van der Waals surface area contributed by atoms with Crippen molar-refractivity contribution in [1.29, 1.82) is 0 Å². The molecule has 5 nitrogen and oxygen atoms in total. The van der Waals surface area contributed by atoms with E-state index in [4.69, 9.17) is 4.74 Å². The third-order valence-electron chi connectivity index (χ3n) is 4.01. The lowest BCUT2D eigenvalue weighted by Crippen LogP contribution is -2.19. The lowest BCUT2D eigenvalue weighted by molar-refractivity contribution is 0.402. The van der Waals surface area contributed by atoms with Crippen LogP contribution in [-0.4, -0.2) is 16.7 Å². The normalized spacial score (nSPS) is 10.5. The van der Waals surface area contributed by atoms with Crippen molar-refractivity contribution in [2.45, 2.75) is 20.4 Å². The van der Waals surface area contributed by atoms with Crippen LogP contribution in [0.15, 0.2) is 59.5 Å². The van der Waals surface area contributed by atoms with Crippen LogP contribution in [0.4, 0.5) is 11.6 Å². The maximum absolute atomic E-state index is 12.1. The molecular weight excluding hydrogens is 314 g/mol. The van der Waals surface area contributed by atoms with Crippen LogP contribution in [0.2, 0.25) is 0 Å². The fourth-order valence-electron chi connectivity index (χ4n) is 2.69. The van der Waals surface area contributed by atoms with E-state index in [1.165, 1.54) is 12.7 Å². The van der Waals surface area contributed by atoms with Crippen molar-refractivity contribution < 1.29 is 4.74 Å². The highest BCUT2D eigenvalue weighted by Gasteiger charge is 2.11. The van der Waals surface area contributed by atoms with Crippen LogP contribution in [0.5, 0.6) is 5.75 Å². The van der Waals surface area contributed by atoms with Crippen molar-refractivity contribution in [1.82, 2.24) is 9.55 Å². The summed E-state index contributed by atoms with van der Waals surface area (Å²) in [5, 5.41) is 3.28. The van der Waals surface area contributed by atoms with E-state index < -0.39 is 0 Å².